The van der Waals surface area contributed by atoms with Gasteiger partial charge < -0.3 is 41.2 Å². The molecule has 2 heterocycles. The number of anilines is 1. The Morgan fingerprint density at radius 3 is 1.33 bits per heavy atom. The molecule has 4 aromatic carbocycles. The number of aliphatic hydroxyl groups is 2. The highest BCUT2D eigenvalue weighted by atomic mass is 19.1. The predicted molar refractivity (Wildman–Crippen MR) is 232 cm³/mol. The van der Waals surface area contributed by atoms with Crippen molar-refractivity contribution >= 4 is 29.4 Å². The fourth-order valence-electron chi connectivity index (χ4n) is 5.60. The quantitative estimate of drug-likeness (QED) is 0.0659. The van der Waals surface area contributed by atoms with E-state index in [-0.39, 0.29) is 29.7 Å². The van der Waals surface area contributed by atoms with Crippen molar-refractivity contribution in [2.45, 2.75) is 58.4 Å². The molecule has 0 saturated carbocycles. The molecule has 16 heteroatoms. The molecule has 0 spiro atoms. The number of nitrogens with zero attached hydrogens (tertiary/aromatic N) is 2. The zero-order valence-electron chi connectivity index (χ0n) is 34.7. The van der Waals surface area contributed by atoms with Crippen LogP contribution in [-0.4, -0.2) is 73.1 Å². The van der Waals surface area contributed by atoms with Crippen molar-refractivity contribution in [3.8, 4) is 45.5 Å². The van der Waals surface area contributed by atoms with Crippen LogP contribution in [0.4, 0.5) is 14.6 Å². The van der Waals surface area contributed by atoms with Gasteiger partial charge in [-0.25, -0.2) is 18.6 Å². The number of Topliss-reactive ketones (excluding diaryl/α,β-unsaturated/α-hetero) is 1. The lowest BCUT2D eigenvalue weighted by Gasteiger charge is -2.19. The number of carbonyl (C=O) groups excluding carboxylic acids is 3. The van der Waals surface area contributed by atoms with E-state index in [4.69, 9.17) is 25.4 Å². The van der Waals surface area contributed by atoms with E-state index >= 15 is 0 Å². The smallest absolute Gasteiger partial charge is 0.328 e. The minimum absolute atomic E-state index is 0.0184. The summed E-state index contributed by atoms with van der Waals surface area (Å²) in [5.74, 6) is -0.166. The standard InChI is InChI=1S/C24H23FN2O4.C17H13FN2O.C6H11NO4/c1-15(28)24(26-16(2)29)23(30)14-19-4-3-5-22(27-19)17-6-10-20(11-7-17)31-21-12-8-18(25)9-13-21;18-13-6-10-15(11-7-13)21-14-8-4-12(5-9-14)16-2-1-3-17(19)20-16;1-3(8)5(6(10)11)7-4(2)9/h3-13,15,24,28H,14H2,1-2H3,(H,26,29);1-11H,(H2,19,20);3,5,8H,1-2H3,(H,7,9)(H,10,11)/t15?,24-;;3?,5-/m0.0/s1. The van der Waals surface area contributed by atoms with E-state index in [2.05, 4.69) is 20.6 Å². The summed E-state index contributed by atoms with van der Waals surface area (Å²) in [4.78, 5) is 53.3. The Morgan fingerprint density at radius 2 is 0.968 bits per heavy atom. The number of carbonyl (C=O) groups is 4. The number of hydrogen-bond acceptors (Lipinski definition) is 11. The second-order valence-electron chi connectivity index (χ2n) is 13.9. The van der Waals surface area contributed by atoms with Gasteiger partial charge in [0.1, 0.15) is 46.5 Å². The van der Waals surface area contributed by atoms with Crippen molar-refractivity contribution in [2.75, 3.05) is 5.73 Å². The molecule has 6 aromatic rings. The van der Waals surface area contributed by atoms with E-state index in [0.717, 1.165) is 16.8 Å². The number of ketones is 1. The molecule has 0 radical (unpaired) electrons. The highest BCUT2D eigenvalue weighted by molar-refractivity contribution is 5.90. The van der Waals surface area contributed by atoms with E-state index in [1.54, 1.807) is 54.6 Å². The molecule has 14 nitrogen and oxygen atoms in total. The van der Waals surface area contributed by atoms with E-state index in [1.165, 1.54) is 52.0 Å². The molecular formula is C47H47F2N5O9. The fraction of sp³-hybridized carbons (Fsp3) is 0.191. The summed E-state index contributed by atoms with van der Waals surface area (Å²) < 4.78 is 37.2. The zero-order valence-corrected chi connectivity index (χ0v) is 34.7. The lowest BCUT2D eigenvalue weighted by Crippen LogP contribution is -2.47. The Kier molecular flexibility index (Phi) is 17.9. The first kappa shape index (κ1) is 48.1. The van der Waals surface area contributed by atoms with Gasteiger partial charge in [0.15, 0.2) is 11.8 Å². The number of aliphatic hydroxyl groups excluding tert-OH is 2. The molecule has 6 rings (SSSR count). The Bertz CT molecular complexity index is 2430. The van der Waals surface area contributed by atoms with Crippen LogP contribution in [0.15, 0.2) is 133 Å². The van der Waals surface area contributed by atoms with Crippen molar-refractivity contribution in [3.63, 3.8) is 0 Å². The van der Waals surface area contributed by atoms with Gasteiger partial charge in [-0.2, -0.15) is 0 Å². The molecule has 0 aliphatic heterocycles. The molecule has 2 amide bonds. The van der Waals surface area contributed by atoms with Crippen molar-refractivity contribution in [1.29, 1.82) is 0 Å². The predicted octanol–water partition coefficient (Wildman–Crippen LogP) is 6.90. The van der Waals surface area contributed by atoms with E-state index in [0.29, 0.717) is 40.2 Å². The maximum atomic E-state index is 13.0. The molecule has 2 aromatic heterocycles. The lowest BCUT2D eigenvalue weighted by atomic mass is 10.0. The summed E-state index contributed by atoms with van der Waals surface area (Å²) in [5, 5.41) is 31.6. The normalized spacial score (nSPS) is 12.3. The first-order chi connectivity index (χ1) is 30.0. The van der Waals surface area contributed by atoms with Gasteiger partial charge in [-0.3, -0.25) is 19.4 Å². The number of aliphatic carboxylic acids is 1. The number of amides is 2. The molecule has 2 unspecified atom stereocenters. The van der Waals surface area contributed by atoms with Gasteiger partial charge in [0.25, 0.3) is 0 Å². The van der Waals surface area contributed by atoms with E-state index < -0.39 is 36.2 Å². The van der Waals surface area contributed by atoms with Crippen molar-refractivity contribution in [2.24, 2.45) is 0 Å². The summed E-state index contributed by atoms with van der Waals surface area (Å²) in [7, 11) is 0. The third-order valence-electron chi connectivity index (χ3n) is 8.63. The number of pyridine rings is 2. The summed E-state index contributed by atoms with van der Waals surface area (Å²) in [6.07, 6.45) is -2.11. The second-order valence-corrected chi connectivity index (χ2v) is 13.9. The highest BCUT2D eigenvalue weighted by Gasteiger charge is 2.25. The topological polar surface area (TPSA) is 223 Å². The third-order valence-corrected chi connectivity index (χ3v) is 8.63. The van der Waals surface area contributed by atoms with Gasteiger partial charge in [0.2, 0.25) is 11.8 Å². The Hall–Kier alpha value is -7.56. The number of carboxylic acids is 1. The summed E-state index contributed by atoms with van der Waals surface area (Å²) in [5.41, 5.74) is 9.47. The molecule has 0 saturated heterocycles. The van der Waals surface area contributed by atoms with Crippen LogP contribution in [0.5, 0.6) is 23.0 Å². The molecule has 0 bridgehead atoms. The lowest BCUT2D eigenvalue weighted by molar-refractivity contribution is -0.144. The molecule has 328 valence electrons. The van der Waals surface area contributed by atoms with Crippen LogP contribution < -0.4 is 25.8 Å². The van der Waals surface area contributed by atoms with Crippen molar-refractivity contribution < 1.29 is 52.8 Å². The number of nitrogens with one attached hydrogen (secondary N) is 2. The molecule has 0 aliphatic rings. The summed E-state index contributed by atoms with van der Waals surface area (Å²) in [6.45, 7) is 5.25. The number of benzene rings is 4. The van der Waals surface area contributed by atoms with Gasteiger partial charge in [-0.1, -0.05) is 12.1 Å². The van der Waals surface area contributed by atoms with E-state index in [9.17, 15) is 33.1 Å². The van der Waals surface area contributed by atoms with Crippen LogP contribution in [0.1, 0.15) is 33.4 Å². The van der Waals surface area contributed by atoms with Gasteiger partial charge in [-0.15, -0.1) is 0 Å². The monoisotopic (exact) mass is 863 g/mol. The number of carboxylic acid groups (broad SMARTS) is 1. The Labute approximate surface area is 362 Å². The maximum absolute atomic E-state index is 13.0. The van der Waals surface area contributed by atoms with Crippen LogP contribution >= 0.6 is 0 Å². The first-order valence-electron chi connectivity index (χ1n) is 19.4. The Balaban J connectivity index is 0.000000234. The number of nitrogen functional groups attached to an aromatic ring is 1. The average molecular weight is 864 g/mol. The van der Waals surface area contributed by atoms with Crippen LogP contribution in [0.25, 0.3) is 22.5 Å². The molecule has 0 aliphatic carbocycles. The number of nitrogens with two attached hydrogens (primary N) is 1. The highest BCUT2D eigenvalue weighted by Crippen LogP contribution is 2.27. The van der Waals surface area contributed by atoms with Crippen molar-refractivity contribution in [3.05, 3.63) is 151 Å². The maximum Gasteiger partial charge on any atom is 0.328 e. The first-order valence-corrected chi connectivity index (χ1v) is 19.4. The number of aromatic nitrogens is 2. The molecule has 4 atom stereocenters. The minimum Gasteiger partial charge on any atom is -0.480 e. The Morgan fingerprint density at radius 1 is 0.587 bits per heavy atom. The number of rotatable bonds is 14. The molecule has 7 N–H and O–H groups in total. The van der Waals surface area contributed by atoms with E-state index in [1.807, 2.05) is 54.6 Å². The average Bonchev–Trinajstić information content (AvgIpc) is 3.24. The van der Waals surface area contributed by atoms with Gasteiger partial charge >= 0.3 is 5.97 Å². The number of hydrogen-bond donors (Lipinski definition) is 6. The van der Waals surface area contributed by atoms with Crippen LogP contribution in [0.2, 0.25) is 0 Å². The largest absolute Gasteiger partial charge is 0.480 e. The van der Waals surface area contributed by atoms with Gasteiger partial charge in [-0.05, 0) is 135 Å². The molecular weight excluding hydrogens is 817 g/mol. The SMILES string of the molecule is CC(=O)N[C@H](C(=O)Cc1cccc(-c2ccc(Oc3ccc(F)cc3)cc2)n1)C(C)O.CC(=O)N[C@H](C(=O)O)C(C)O.Nc1cccc(-c2ccc(Oc3ccc(F)cc3)cc2)n1. The van der Waals surface area contributed by atoms with Crippen LogP contribution in [-0.2, 0) is 25.6 Å². The molecule has 0 fully saturated rings. The number of ether oxygens (including phenoxy) is 2. The van der Waals surface area contributed by atoms with Crippen LogP contribution in [0.3, 0.4) is 0 Å². The zero-order chi connectivity index (χ0) is 46.1. The number of halogens is 2. The molecule has 63 heavy (non-hydrogen) atoms. The fourth-order valence-corrected chi connectivity index (χ4v) is 5.60. The minimum atomic E-state index is -1.24. The van der Waals surface area contributed by atoms with Crippen LogP contribution in [0, 0.1) is 11.6 Å². The van der Waals surface area contributed by atoms with Crippen molar-refractivity contribution in [1.82, 2.24) is 20.6 Å². The summed E-state index contributed by atoms with van der Waals surface area (Å²) in [6, 6.07) is 35.0. The van der Waals surface area contributed by atoms with Gasteiger partial charge in [0, 0.05) is 30.7 Å². The summed E-state index contributed by atoms with van der Waals surface area (Å²) >= 11 is 0. The van der Waals surface area contributed by atoms with Gasteiger partial charge in [0.05, 0.1) is 30.0 Å². The second kappa shape index (κ2) is 23.4. The third kappa shape index (κ3) is 16.1.